The summed E-state index contributed by atoms with van der Waals surface area (Å²) >= 11 is 0. The summed E-state index contributed by atoms with van der Waals surface area (Å²) in [6.07, 6.45) is -4.49. The first-order chi connectivity index (χ1) is 7.82. The van der Waals surface area contributed by atoms with Crippen molar-refractivity contribution in [2.75, 3.05) is 0 Å². The Morgan fingerprint density at radius 3 is 2.53 bits per heavy atom. The zero-order valence-corrected chi connectivity index (χ0v) is 8.75. The number of nitrogens with zero attached hydrogens (tertiary/aromatic N) is 1. The second-order valence-electron chi connectivity index (χ2n) is 3.63. The van der Waals surface area contributed by atoms with Crippen LogP contribution in [-0.2, 0) is 13.2 Å². The number of halogens is 3. The van der Waals surface area contributed by atoms with Crippen LogP contribution >= 0.6 is 0 Å². The van der Waals surface area contributed by atoms with Gasteiger partial charge in [0.05, 0.1) is 5.56 Å². The van der Waals surface area contributed by atoms with Crippen LogP contribution in [0.25, 0.3) is 10.9 Å². The number of aryl methyl sites for hydroxylation is 1. The molecule has 0 bridgehead atoms. The molecule has 1 N–H and O–H groups in total. The van der Waals surface area contributed by atoms with Gasteiger partial charge in [-0.15, -0.1) is 0 Å². The predicted molar refractivity (Wildman–Crippen MR) is 54.9 cm³/mol. The van der Waals surface area contributed by atoms with E-state index in [1.54, 1.807) is 0 Å². The van der Waals surface area contributed by atoms with Crippen LogP contribution in [0.2, 0.25) is 0 Å². The minimum Gasteiger partial charge on any atom is -0.477 e. The molecule has 2 aromatic rings. The van der Waals surface area contributed by atoms with Crippen molar-refractivity contribution in [3.8, 4) is 0 Å². The number of fused-ring (bicyclic) bond motifs is 1. The quantitative estimate of drug-likeness (QED) is 0.836. The largest absolute Gasteiger partial charge is 0.477 e. The Kier molecular flexibility index (Phi) is 2.38. The number of aromatic nitrogens is 1. The Hall–Kier alpha value is -1.98. The molecule has 0 aliphatic rings. The molecule has 1 aromatic heterocycles. The number of rotatable bonds is 1. The summed E-state index contributed by atoms with van der Waals surface area (Å²) in [5, 5.41) is 8.76. The van der Waals surface area contributed by atoms with Crippen LogP contribution in [-0.4, -0.2) is 15.6 Å². The number of hydrogen-bond acceptors (Lipinski definition) is 1. The predicted octanol–water partition coefficient (Wildman–Crippen LogP) is 2.90. The Bertz CT molecular complexity index is 599. The highest BCUT2D eigenvalue weighted by atomic mass is 19.4. The van der Waals surface area contributed by atoms with E-state index in [2.05, 4.69) is 0 Å². The third kappa shape index (κ3) is 1.75. The summed E-state index contributed by atoms with van der Waals surface area (Å²) in [5.41, 5.74) is -0.743. The van der Waals surface area contributed by atoms with Gasteiger partial charge in [-0.3, -0.25) is 0 Å². The molecule has 1 heterocycles. The smallest absolute Gasteiger partial charge is 0.417 e. The van der Waals surface area contributed by atoms with Crippen molar-refractivity contribution in [2.45, 2.75) is 6.18 Å². The van der Waals surface area contributed by atoms with Crippen molar-refractivity contribution in [3.05, 3.63) is 35.5 Å². The standard InChI is InChI=1S/C11H8F3NO2/c1-15-8-4-2-3-7(11(12,13)14)6(8)5-9(15)10(16)17/h2-5H,1H3,(H,16,17). The molecule has 0 saturated carbocycles. The van der Waals surface area contributed by atoms with Gasteiger partial charge in [-0.2, -0.15) is 13.2 Å². The second-order valence-corrected chi connectivity index (χ2v) is 3.63. The monoisotopic (exact) mass is 243 g/mol. The molecule has 0 unspecified atom stereocenters. The summed E-state index contributed by atoms with van der Waals surface area (Å²) in [6, 6.07) is 4.70. The van der Waals surface area contributed by atoms with Crippen LogP contribution < -0.4 is 0 Å². The average molecular weight is 243 g/mol. The number of carbonyl (C=O) groups is 1. The summed E-state index contributed by atoms with van der Waals surface area (Å²) in [7, 11) is 1.42. The lowest BCUT2D eigenvalue weighted by Crippen LogP contribution is -2.05. The van der Waals surface area contributed by atoms with E-state index >= 15 is 0 Å². The maximum Gasteiger partial charge on any atom is 0.417 e. The fourth-order valence-electron chi connectivity index (χ4n) is 1.81. The molecule has 0 spiro atoms. The number of carboxylic acid groups (broad SMARTS) is 1. The second kappa shape index (κ2) is 3.51. The molecule has 6 heteroatoms. The zero-order chi connectivity index (χ0) is 12.8. The summed E-state index contributed by atoms with van der Waals surface area (Å²) in [6.45, 7) is 0. The van der Waals surface area contributed by atoms with Gasteiger partial charge >= 0.3 is 12.1 Å². The van der Waals surface area contributed by atoms with Crippen LogP contribution in [0.1, 0.15) is 16.1 Å². The van der Waals surface area contributed by atoms with E-state index in [4.69, 9.17) is 5.11 Å². The molecule has 0 amide bonds. The van der Waals surface area contributed by atoms with Gasteiger partial charge in [-0.1, -0.05) is 6.07 Å². The van der Waals surface area contributed by atoms with Crippen molar-refractivity contribution in [1.29, 1.82) is 0 Å². The first-order valence-corrected chi connectivity index (χ1v) is 4.71. The molecule has 17 heavy (non-hydrogen) atoms. The minimum atomic E-state index is -4.49. The van der Waals surface area contributed by atoms with E-state index in [0.29, 0.717) is 0 Å². The molecule has 0 aliphatic heterocycles. The first-order valence-electron chi connectivity index (χ1n) is 4.71. The summed E-state index contributed by atoms with van der Waals surface area (Å²) < 4.78 is 39.3. The lowest BCUT2D eigenvalue weighted by Gasteiger charge is -2.07. The third-order valence-corrected chi connectivity index (χ3v) is 2.61. The Balaban J connectivity index is 2.83. The molecule has 0 radical (unpaired) electrons. The molecular weight excluding hydrogens is 235 g/mol. The van der Waals surface area contributed by atoms with Crippen molar-refractivity contribution in [2.24, 2.45) is 7.05 Å². The van der Waals surface area contributed by atoms with Crippen molar-refractivity contribution < 1.29 is 23.1 Å². The SMILES string of the molecule is Cn1c(C(=O)O)cc2c(C(F)(F)F)cccc21. The normalized spacial score (nSPS) is 12.0. The van der Waals surface area contributed by atoms with Crippen LogP contribution in [0.15, 0.2) is 24.3 Å². The van der Waals surface area contributed by atoms with E-state index in [1.807, 2.05) is 0 Å². The van der Waals surface area contributed by atoms with Crippen LogP contribution in [0.4, 0.5) is 13.2 Å². The van der Waals surface area contributed by atoms with Gasteiger partial charge in [0.25, 0.3) is 0 Å². The number of benzene rings is 1. The van der Waals surface area contributed by atoms with E-state index < -0.39 is 17.7 Å². The van der Waals surface area contributed by atoms with Gasteiger partial charge in [0, 0.05) is 18.0 Å². The van der Waals surface area contributed by atoms with E-state index in [9.17, 15) is 18.0 Å². The Labute approximate surface area is 94.1 Å². The van der Waals surface area contributed by atoms with Gasteiger partial charge in [-0.25, -0.2) is 4.79 Å². The number of carboxylic acids is 1. The maximum atomic E-state index is 12.7. The highest BCUT2D eigenvalue weighted by Crippen LogP contribution is 2.35. The van der Waals surface area contributed by atoms with E-state index in [1.165, 1.54) is 23.7 Å². The highest BCUT2D eigenvalue weighted by Gasteiger charge is 2.33. The van der Waals surface area contributed by atoms with Gasteiger partial charge < -0.3 is 9.67 Å². The number of aromatic carboxylic acids is 1. The maximum absolute atomic E-state index is 12.7. The summed E-state index contributed by atoms with van der Waals surface area (Å²) in [5.74, 6) is -1.25. The van der Waals surface area contributed by atoms with Crippen molar-refractivity contribution >= 4 is 16.9 Å². The van der Waals surface area contributed by atoms with Crippen molar-refractivity contribution in [3.63, 3.8) is 0 Å². The molecule has 0 fully saturated rings. The van der Waals surface area contributed by atoms with Crippen LogP contribution in [0.3, 0.4) is 0 Å². The molecule has 90 valence electrons. The zero-order valence-electron chi connectivity index (χ0n) is 8.75. The molecule has 0 saturated heterocycles. The van der Waals surface area contributed by atoms with Crippen LogP contribution in [0, 0.1) is 0 Å². The highest BCUT2D eigenvalue weighted by molar-refractivity contribution is 5.96. The summed E-state index contributed by atoms with van der Waals surface area (Å²) in [4.78, 5) is 10.9. The lowest BCUT2D eigenvalue weighted by molar-refractivity contribution is -0.136. The molecule has 3 nitrogen and oxygen atoms in total. The average Bonchev–Trinajstić information content (AvgIpc) is 2.55. The fourth-order valence-corrected chi connectivity index (χ4v) is 1.81. The lowest BCUT2D eigenvalue weighted by atomic mass is 10.1. The first kappa shape index (κ1) is 11.5. The minimum absolute atomic E-state index is 0.0973. The number of hydrogen-bond donors (Lipinski definition) is 1. The third-order valence-electron chi connectivity index (χ3n) is 2.61. The van der Waals surface area contributed by atoms with E-state index in [-0.39, 0.29) is 16.6 Å². The fraction of sp³-hybridized carbons (Fsp3) is 0.182. The molecule has 0 aliphatic carbocycles. The molecule has 0 atom stereocenters. The number of alkyl halides is 3. The molecule has 1 aromatic carbocycles. The topological polar surface area (TPSA) is 42.2 Å². The van der Waals surface area contributed by atoms with Crippen molar-refractivity contribution in [1.82, 2.24) is 4.57 Å². The molecular formula is C11H8F3NO2. The van der Waals surface area contributed by atoms with E-state index in [0.717, 1.165) is 12.1 Å². The van der Waals surface area contributed by atoms with Gasteiger partial charge in [0.15, 0.2) is 0 Å². The van der Waals surface area contributed by atoms with Gasteiger partial charge in [0.1, 0.15) is 5.69 Å². The van der Waals surface area contributed by atoms with Gasteiger partial charge in [-0.05, 0) is 18.2 Å². The van der Waals surface area contributed by atoms with Crippen LogP contribution in [0.5, 0.6) is 0 Å². The Morgan fingerprint density at radius 1 is 1.35 bits per heavy atom. The Morgan fingerprint density at radius 2 is 2.00 bits per heavy atom. The molecule has 2 rings (SSSR count). The van der Waals surface area contributed by atoms with Gasteiger partial charge in [0.2, 0.25) is 0 Å².